The maximum atomic E-state index is 13.1. The van der Waals surface area contributed by atoms with Gasteiger partial charge in [-0.25, -0.2) is 4.39 Å². The van der Waals surface area contributed by atoms with Crippen LogP contribution in [0, 0.1) is 12.7 Å². The number of nitrogens with two attached hydrogens (primary N) is 1. The average molecular weight is 269 g/mol. The Hall–Kier alpha value is -1.62. The van der Waals surface area contributed by atoms with Crippen molar-refractivity contribution >= 4 is 5.97 Å². The van der Waals surface area contributed by atoms with Crippen LogP contribution in [0.2, 0.25) is 0 Å². The molecule has 1 unspecified atom stereocenters. The summed E-state index contributed by atoms with van der Waals surface area (Å²) in [5.41, 5.74) is 5.56. The topological polar surface area (TPSA) is 61.5 Å². The van der Waals surface area contributed by atoms with E-state index in [-0.39, 0.29) is 12.4 Å². The maximum absolute atomic E-state index is 13.1. The largest absolute Gasteiger partial charge is 0.491 e. The third kappa shape index (κ3) is 5.26. The van der Waals surface area contributed by atoms with Crippen LogP contribution in [-0.4, -0.2) is 24.2 Å². The van der Waals surface area contributed by atoms with Gasteiger partial charge >= 0.3 is 5.97 Å². The molecule has 106 valence electrons. The first-order valence-corrected chi connectivity index (χ1v) is 6.06. The summed E-state index contributed by atoms with van der Waals surface area (Å²) in [6.07, 6.45) is 0. The minimum atomic E-state index is -0.871. The molecule has 0 saturated carbocycles. The summed E-state index contributed by atoms with van der Waals surface area (Å²) < 4.78 is 23.5. The van der Waals surface area contributed by atoms with Gasteiger partial charge in [-0.05, 0) is 51.5 Å². The fourth-order valence-corrected chi connectivity index (χ4v) is 1.34. The van der Waals surface area contributed by atoms with Crippen LogP contribution in [0.1, 0.15) is 26.3 Å². The monoisotopic (exact) mass is 269 g/mol. The van der Waals surface area contributed by atoms with Crippen LogP contribution < -0.4 is 10.5 Å². The Labute approximate surface area is 112 Å². The van der Waals surface area contributed by atoms with Crippen LogP contribution in [0.4, 0.5) is 4.39 Å². The maximum Gasteiger partial charge on any atom is 0.326 e. The molecule has 1 aromatic rings. The van der Waals surface area contributed by atoms with E-state index in [0.717, 1.165) is 0 Å². The van der Waals surface area contributed by atoms with E-state index in [1.54, 1.807) is 33.8 Å². The van der Waals surface area contributed by atoms with Crippen molar-refractivity contribution in [1.82, 2.24) is 0 Å². The number of aryl methyl sites for hydroxylation is 1. The van der Waals surface area contributed by atoms with E-state index in [4.69, 9.17) is 15.2 Å². The van der Waals surface area contributed by atoms with Crippen LogP contribution >= 0.6 is 0 Å². The van der Waals surface area contributed by atoms with Crippen LogP contribution in [0.5, 0.6) is 5.75 Å². The van der Waals surface area contributed by atoms with Crippen LogP contribution in [0.25, 0.3) is 0 Å². The smallest absolute Gasteiger partial charge is 0.326 e. The zero-order chi connectivity index (χ0) is 14.6. The Morgan fingerprint density at radius 3 is 2.58 bits per heavy atom. The molecule has 0 heterocycles. The molecule has 0 aliphatic carbocycles. The molecule has 0 aliphatic heterocycles. The lowest BCUT2D eigenvalue weighted by molar-refractivity contribution is -0.157. The number of esters is 1. The van der Waals surface area contributed by atoms with Crippen molar-refractivity contribution in [2.24, 2.45) is 5.73 Å². The molecule has 0 amide bonds. The van der Waals surface area contributed by atoms with Gasteiger partial charge in [0.25, 0.3) is 0 Å². The fraction of sp³-hybridized carbons (Fsp3) is 0.500. The van der Waals surface area contributed by atoms with Gasteiger partial charge in [-0.3, -0.25) is 4.79 Å². The molecule has 19 heavy (non-hydrogen) atoms. The number of ether oxygens (including phenoxy) is 2. The van der Waals surface area contributed by atoms with Crippen molar-refractivity contribution in [3.05, 3.63) is 29.6 Å². The Balaban J connectivity index is 2.52. The molecule has 1 rings (SSSR count). The van der Waals surface area contributed by atoms with Gasteiger partial charge in [-0.2, -0.15) is 0 Å². The second-order valence-electron chi connectivity index (χ2n) is 5.36. The Morgan fingerprint density at radius 2 is 2.05 bits per heavy atom. The molecule has 1 aromatic carbocycles. The Kier molecular flexibility index (Phi) is 4.89. The molecule has 0 saturated heterocycles. The predicted molar refractivity (Wildman–Crippen MR) is 70.5 cm³/mol. The van der Waals surface area contributed by atoms with Gasteiger partial charge in [-0.1, -0.05) is 0 Å². The molecular weight excluding hydrogens is 249 g/mol. The number of rotatable bonds is 4. The van der Waals surface area contributed by atoms with Crippen molar-refractivity contribution in [3.63, 3.8) is 0 Å². The van der Waals surface area contributed by atoms with Crippen molar-refractivity contribution < 1.29 is 18.7 Å². The third-order valence-electron chi connectivity index (χ3n) is 2.27. The molecule has 0 spiro atoms. The van der Waals surface area contributed by atoms with E-state index in [1.807, 2.05) is 0 Å². The summed E-state index contributed by atoms with van der Waals surface area (Å²) in [7, 11) is 0. The molecule has 5 heteroatoms. The normalized spacial score (nSPS) is 12.9. The summed E-state index contributed by atoms with van der Waals surface area (Å²) in [6.45, 7) is 6.92. The zero-order valence-corrected chi connectivity index (χ0v) is 11.7. The van der Waals surface area contributed by atoms with Crippen LogP contribution in [0.15, 0.2) is 18.2 Å². The fourth-order valence-electron chi connectivity index (χ4n) is 1.34. The summed E-state index contributed by atoms with van der Waals surface area (Å²) in [6, 6.07) is 3.48. The van der Waals surface area contributed by atoms with E-state index >= 15 is 0 Å². The predicted octanol–water partition coefficient (Wildman–Crippen LogP) is 2.18. The first-order valence-electron chi connectivity index (χ1n) is 6.06. The van der Waals surface area contributed by atoms with Gasteiger partial charge in [0.05, 0.1) is 0 Å². The number of hydrogen-bond acceptors (Lipinski definition) is 4. The average Bonchev–Trinajstić information content (AvgIpc) is 2.28. The van der Waals surface area contributed by atoms with Gasteiger partial charge in [0.15, 0.2) is 0 Å². The van der Waals surface area contributed by atoms with Crippen molar-refractivity contribution in [3.8, 4) is 5.75 Å². The first-order chi connectivity index (χ1) is 8.69. The molecule has 1 atom stereocenters. The summed E-state index contributed by atoms with van der Waals surface area (Å²) in [5.74, 6) is -0.354. The van der Waals surface area contributed by atoms with Crippen LogP contribution in [-0.2, 0) is 9.53 Å². The molecule has 2 N–H and O–H groups in total. The van der Waals surface area contributed by atoms with Crippen molar-refractivity contribution in [1.29, 1.82) is 0 Å². The first kappa shape index (κ1) is 15.4. The number of carbonyl (C=O) groups excluding carboxylic acids is 1. The highest BCUT2D eigenvalue weighted by Gasteiger charge is 2.22. The quantitative estimate of drug-likeness (QED) is 0.851. The summed E-state index contributed by atoms with van der Waals surface area (Å²) in [4.78, 5) is 11.6. The van der Waals surface area contributed by atoms with Gasteiger partial charge < -0.3 is 15.2 Å². The van der Waals surface area contributed by atoms with Gasteiger partial charge in [0, 0.05) is 0 Å². The number of halogens is 1. The Morgan fingerprint density at radius 1 is 1.42 bits per heavy atom. The summed E-state index contributed by atoms with van der Waals surface area (Å²) >= 11 is 0. The lowest BCUT2D eigenvalue weighted by atomic mass is 10.2. The number of carbonyl (C=O) groups is 1. The highest BCUT2D eigenvalue weighted by atomic mass is 19.1. The molecule has 0 bridgehead atoms. The number of hydrogen-bond donors (Lipinski definition) is 1. The van der Waals surface area contributed by atoms with Crippen LogP contribution in [0.3, 0.4) is 0 Å². The SMILES string of the molecule is Cc1cc(OCC(N)C(=O)OC(C)(C)C)ccc1F. The molecule has 0 aromatic heterocycles. The zero-order valence-electron chi connectivity index (χ0n) is 11.7. The van der Waals surface area contributed by atoms with E-state index in [9.17, 15) is 9.18 Å². The highest BCUT2D eigenvalue weighted by molar-refractivity contribution is 5.76. The molecular formula is C14H20FNO3. The minimum absolute atomic E-state index is 0.0139. The standard InChI is InChI=1S/C14H20FNO3/c1-9-7-10(5-6-11(9)15)18-8-12(16)13(17)19-14(2,3)4/h5-7,12H,8,16H2,1-4H3. The van der Waals surface area contributed by atoms with E-state index in [2.05, 4.69) is 0 Å². The van der Waals surface area contributed by atoms with E-state index in [0.29, 0.717) is 11.3 Å². The van der Waals surface area contributed by atoms with E-state index < -0.39 is 17.6 Å². The minimum Gasteiger partial charge on any atom is -0.491 e. The second kappa shape index (κ2) is 6.02. The lowest BCUT2D eigenvalue weighted by Gasteiger charge is -2.22. The molecule has 0 radical (unpaired) electrons. The second-order valence-corrected chi connectivity index (χ2v) is 5.36. The lowest BCUT2D eigenvalue weighted by Crippen LogP contribution is -2.41. The van der Waals surface area contributed by atoms with Gasteiger partial charge in [-0.15, -0.1) is 0 Å². The number of benzene rings is 1. The van der Waals surface area contributed by atoms with Gasteiger partial charge in [0.1, 0.15) is 29.8 Å². The molecule has 4 nitrogen and oxygen atoms in total. The molecule has 0 fully saturated rings. The van der Waals surface area contributed by atoms with Crippen molar-refractivity contribution in [2.75, 3.05) is 6.61 Å². The Bertz CT molecular complexity index is 454. The summed E-state index contributed by atoms with van der Waals surface area (Å²) in [5, 5.41) is 0. The third-order valence-corrected chi connectivity index (χ3v) is 2.27. The van der Waals surface area contributed by atoms with Crippen molar-refractivity contribution in [2.45, 2.75) is 39.3 Å². The van der Waals surface area contributed by atoms with Gasteiger partial charge in [0.2, 0.25) is 0 Å². The highest BCUT2D eigenvalue weighted by Crippen LogP contribution is 2.16. The molecule has 0 aliphatic rings. The van der Waals surface area contributed by atoms with E-state index in [1.165, 1.54) is 12.1 Å².